The smallest absolute Gasteiger partial charge is 0.335 e. The number of rotatable bonds is 7. The standard InChI is InChI=1S/C25H36N2O4/c1-7-10-11-27-17(6)18(24(28)30-8-2)14-20-22(25(29)31-9-3)26-21-16(5)12-15(4)13-19(21)23(20)27/h12-13,20,22-23,26H,7-11,14H2,1-6H3/t20-,22+,23+/m1/s1. The van der Waals surface area contributed by atoms with Crippen molar-refractivity contribution in [2.45, 2.75) is 72.9 Å². The Kier molecular flexibility index (Phi) is 7.29. The molecule has 2 heterocycles. The van der Waals surface area contributed by atoms with Gasteiger partial charge in [0.15, 0.2) is 0 Å². The van der Waals surface area contributed by atoms with Gasteiger partial charge in [-0.25, -0.2) is 9.59 Å². The zero-order chi connectivity index (χ0) is 22.7. The van der Waals surface area contributed by atoms with Crippen LogP contribution in [0.4, 0.5) is 5.69 Å². The number of esters is 2. The summed E-state index contributed by atoms with van der Waals surface area (Å²) in [6.07, 6.45) is 2.55. The van der Waals surface area contributed by atoms with Crippen molar-refractivity contribution < 1.29 is 19.1 Å². The molecule has 0 unspecified atom stereocenters. The Morgan fingerprint density at radius 2 is 1.81 bits per heavy atom. The molecule has 0 fully saturated rings. The molecule has 0 amide bonds. The van der Waals surface area contributed by atoms with E-state index in [1.807, 2.05) is 20.8 Å². The summed E-state index contributed by atoms with van der Waals surface area (Å²) < 4.78 is 10.8. The molecule has 0 saturated carbocycles. The van der Waals surface area contributed by atoms with Crippen molar-refractivity contribution in [2.24, 2.45) is 5.92 Å². The topological polar surface area (TPSA) is 67.9 Å². The van der Waals surface area contributed by atoms with Gasteiger partial charge in [-0.3, -0.25) is 0 Å². The fourth-order valence-corrected chi connectivity index (χ4v) is 5.05. The molecule has 0 aliphatic carbocycles. The van der Waals surface area contributed by atoms with E-state index in [0.717, 1.165) is 36.3 Å². The van der Waals surface area contributed by atoms with Gasteiger partial charge in [0.1, 0.15) is 6.04 Å². The number of nitrogens with zero attached hydrogens (tertiary/aromatic N) is 1. The van der Waals surface area contributed by atoms with Crippen LogP contribution in [0.5, 0.6) is 0 Å². The monoisotopic (exact) mass is 428 g/mol. The molecule has 3 atom stereocenters. The molecule has 1 aromatic carbocycles. The average Bonchev–Trinajstić information content (AvgIpc) is 2.72. The van der Waals surface area contributed by atoms with Gasteiger partial charge in [0, 0.05) is 23.8 Å². The average molecular weight is 429 g/mol. The van der Waals surface area contributed by atoms with Gasteiger partial charge in [-0.15, -0.1) is 0 Å². The Morgan fingerprint density at radius 1 is 1.10 bits per heavy atom. The fourth-order valence-electron chi connectivity index (χ4n) is 5.05. The van der Waals surface area contributed by atoms with Crippen LogP contribution in [0.3, 0.4) is 0 Å². The van der Waals surface area contributed by atoms with E-state index in [0.29, 0.717) is 25.2 Å². The van der Waals surface area contributed by atoms with E-state index in [1.54, 1.807) is 0 Å². The summed E-state index contributed by atoms with van der Waals surface area (Å²) in [5, 5.41) is 3.48. The molecule has 0 saturated heterocycles. The van der Waals surface area contributed by atoms with Crippen molar-refractivity contribution in [3.05, 3.63) is 40.1 Å². The molecule has 31 heavy (non-hydrogen) atoms. The lowest BCUT2D eigenvalue weighted by molar-refractivity contribution is -0.147. The molecule has 0 spiro atoms. The lowest BCUT2D eigenvalue weighted by Crippen LogP contribution is -2.52. The fraction of sp³-hybridized carbons (Fsp3) is 0.600. The lowest BCUT2D eigenvalue weighted by atomic mass is 9.74. The summed E-state index contributed by atoms with van der Waals surface area (Å²) in [6, 6.07) is 3.85. The van der Waals surface area contributed by atoms with Gasteiger partial charge in [0.25, 0.3) is 0 Å². The maximum Gasteiger partial charge on any atom is 0.335 e. The number of allylic oxidation sites excluding steroid dienone is 1. The van der Waals surface area contributed by atoms with Gasteiger partial charge in [-0.05, 0) is 58.6 Å². The predicted molar refractivity (Wildman–Crippen MR) is 122 cm³/mol. The Morgan fingerprint density at radius 3 is 2.45 bits per heavy atom. The maximum absolute atomic E-state index is 13.0. The molecule has 6 heteroatoms. The number of nitrogens with one attached hydrogen (secondary N) is 1. The molecule has 1 aromatic rings. The first kappa shape index (κ1) is 23.2. The molecule has 2 aliphatic heterocycles. The number of ether oxygens (including phenoxy) is 2. The molecular formula is C25H36N2O4. The van der Waals surface area contributed by atoms with Crippen molar-refractivity contribution in [1.29, 1.82) is 0 Å². The molecule has 0 radical (unpaired) electrons. The molecule has 0 aromatic heterocycles. The summed E-state index contributed by atoms with van der Waals surface area (Å²) in [5.74, 6) is -0.664. The Bertz CT molecular complexity index is 877. The minimum absolute atomic E-state index is 0.00832. The number of fused-ring (bicyclic) bond motifs is 3. The van der Waals surface area contributed by atoms with Crippen LogP contribution >= 0.6 is 0 Å². The van der Waals surface area contributed by atoms with Crippen molar-refractivity contribution in [1.82, 2.24) is 4.90 Å². The van der Waals surface area contributed by atoms with Crippen LogP contribution in [0.2, 0.25) is 0 Å². The third kappa shape index (κ3) is 4.43. The largest absolute Gasteiger partial charge is 0.464 e. The molecule has 0 bridgehead atoms. The summed E-state index contributed by atoms with van der Waals surface area (Å²) in [4.78, 5) is 28.2. The van der Waals surface area contributed by atoms with E-state index < -0.39 is 6.04 Å². The van der Waals surface area contributed by atoms with E-state index in [9.17, 15) is 9.59 Å². The Labute approximate surface area is 186 Å². The second kappa shape index (κ2) is 9.75. The number of carbonyl (C=O) groups is 2. The third-order valence-electron chi connectivity index (χ3n) is 6.42. The summed E-state index contributed by atoms with van der Waals surface area (Å²) in [5.41, 5.74) is 6.15. The first-order valence-electron chi connectivity index (χ1n) is 11.5. The van der Waals surface area contributed by atoms with E-state index in [1.165, 1.54) is 11.1 Å². The SMILES string of the molecule is CCCCN1C(C)=C(C(=O)OCC)C[C@@H]2[C@@H](C(=O)OCC)Nc3c(C)cc(C)cc3[C@@H]21. The van der Waals surface area contributed by atoms with E-state index >= 15 is 0 Å². The predicted octanol–water partition coefficient (Wildman–Crippen LogP) is 4.66. The highest BCUT2D eigenvalue weighted by molar-refractivity contribution is 5.90. The number of carbonyl (C=O) groups excluding carboxylic acids is 2. The molecule has 3 rings (SSSR count). The number of anilines is 1. The minimum Gasteiger partial charge on any atom is -0.464 e. The van der Waals surface area contributed by atoms with E-state index in [2.05, 4.69) is 43.1 Å². The zero-order valence-electron chi connectivity index (χ0n) is 19.7. The van der Waals surface area contributed by atoms with Gasteiger partial charge < -0.3 is 19.7 Å². The number of aryl methyl sites for hydroxylation is 2. The van der Waals surface area contributed by atoms with Gasteiger partial charge >= 0.3 is 11.9 Å². The van der Waals surface area contributed by atoms with Crippen LogP contribution < -0.4 is 5.32 Å². The first-order chi connectivity index (χ1) is 14.8. The van der Waals surface area contributed by atoms with Crippen LogP contribution in [-0.4, -0.2) is 42.6 Å². The summed E-state index contributed by atoms with van der Waals surface area (Å²) in [6.45, 7) is 13.5. The number of hydrogen-bond donors (Lipinski definition) is 1. The van der Waals surface area contributed by atoms with Crippen molar-refractivity contribution >= 4 is 17.6 Å². The maximum atomic E-state index is 13.0. The quantitative estimate of drug-likeness (QED) is 0.637. The van der Waals surface area contributed by atoms with Crippen molar-refractivity contribution in [3.63, 3.8) is 0 Å². The highest BCUT2D eigenvalue weighted by Gasteiger charge is 2.48. The molecule has 2 aliphatic rings. The minimum atomic E-state index is -0.513. The lowest BCUT2D eigenvalue weighted by Gasteiger charge is -2.50. The summed E-state index contributed by atoms with van der Waals surface area (Å²) >= 11 is 0. The van der Waals surface area contributed by atoms with Crippen molar-refractivity contribution in [3.8, 4) is 0 Å². The van der Waals surface area contributed by atoms with Crippen LogP contribution in [0.25, 0.3) is 0 Å². The number of unbranched alkanes of at least 4 members (excludes halogenated alkanes) is 1. The summed E-state index contributed by atoms with van der Waals surface area (Å²) in [7, 11) is 0. The first-order valence-corrected chi connectivity index (χ1v) is 11.5. The number of hydrogen-bond acceptors (Lipinski definition) is 6. The van der Waals surface area contributed by atoms with E-state index in [4.69, 9.17) is 9.47 Å². The normalized spacial score (nSPS) is 22.4. The van der Waals surface area contributed by atoms with E-state index in [-0.39, 0.29) is 23.9 Å². The number of benzene rings is 1. The zero-order valence-corrected chi connectivity index (χ0v) is 19.7. The van der Waals surface area contributed by atoms with Crippen LogP contribution in [0.1, 0.15) is 69.7 Å². The van der Waals surface area contributed by atoms with Gasteiger partial charge in [-0.2, -0.15) is 0 Å². The van der Waals surface area contributed by atoms with Gasteiger partial charge in [0.2, 0.25) is 0 Å². The Hall–Kier alpha value is -2.50. The highest BCUT2D eigenvalue weighted by atomic mass is 16.5. The highest BCUT2D eigenvalue weighted by Crippen LogP contribution is 2.49. The van der Waals surface area contributed by atoms with Gasteiger partial charge in [-0.1, -0.05) is 31.0 Å². The molecule has 6 nitrogen and oxygen atoms in total. The molecular weight excluding hydrogens is 392 g/mol. The molecule has 1 N–H and O–H groups in total. The third-order valence-corrected chi connectivity index (χ3v) is 6.42. The van der Waals surface area contributed by atoms with Crippen LogP contribution in [-0.2, 0) is 19.1 Å². The second-order valence-electron chi connectivity index (χ2n) is 8.56. The van der Waals surface area contributed by atoms with Crippen LogP contribution in [0, 0.1) is 19.8 Å². The van der Waals surface area contributed by atoms with Crippen molar-refractivity contribution in [2.75, 3.05) is 25.1 Å². The van der Waals surface area contributed by atoms with Gasteiger partial charge in [0.05, 0.1) is 24.8 Å². The second-order valence-corrected chi connectivity index (χ2v) is 8.56. The van der Waals surface area contributed by atoms with Crippen LogP contribution in [0.15, 0.2) is 23.4 Å². The Balaban J connectivity index is 2.18. The molecule has 170 valence electrons.